The zero-order valence-corrected chi connectivity index (χ0v) is 12.3. The Hall–Kier alpha value is -2.52. The topological polar surface area (TPSA) is 96.0 Å². The monoisotopic (exact) mass is 301 g/mol. The zero-order chi connectivity index (χ0) is 15.5. The summed E-state index contributed by atoms with van der Waals surface area (Å²) in [5.74, 6) is 0. The molecule has 0 atom stereocenters. The van der Waals surface area contributed by atoms with E-state index >= 15 is 0 Å². The van der Waals surface area contributed by atoms with Gasteiger partial charge in [0.15, 0.2) is 9.84 Å². The van der Waals surface area contributed by atoms with E-state index in [1.165, 1.54) is 12.1 Å². The Bertz CT molecular complexity index is 808. The third-order valence-corrected chi connectivity index (χ3v) is 4.10. The van der Waals surface area contributed by atoms with Crippen molar-refractivity contribution in [1.82, 2.24) is 0 Å². The predicted molar refractivity (Wildman–Crippen MR) is 82.4 cm³/mol. The van der Waals surface area contributed by atoms with E-state index in [2.05, 4.69) is 11.4 Å². The van der Waals surface area contributed by atoms with Gasteiger partial charge in [-0.3, -0.25) is 0 Å². The Morgan fingerprint density at radius 1 is 1.24 bits per heavy atom. The van der Waals surface area contributed by atoms with E-state index in [-0.39, 0.29) is 4.90 Å². The fourth-order valence-corrected chi connectivity index (χ4v) is 2.54. The number of hydrogen-bond donors (Lipinski definition) is 2. The molecular formula is C15H15N3O2S. The molecule has 0 spiro atoms. The van der Waals surface area contributed by atoms with Crippen molar-refractivity contribution in [2.24, 2.45) is 0 Å². The second-order valence-corrected chi connectivity index (χ2v) is 6.70. The summed E-state index contributed by atoms with van der Waals surface area (Å²) in [6.45, 7) is 0.498. The Balaban J connectivity index is 2.15. The average Bonchev–Trinajstić information content (AvgIpc) is 2.45. The van der Waals surface area contributed by atoms with E-state index in [0.29, 0.717) is 23.5 Å². The minimum Gasteiger partial charge on any atom is -0.397 e. The first-order valence-electron chi connectivity index (χ1n) is 6.22. The molecule has 0 aliphatic rings. The molecular weight excluding hydrogens is 286 g/mol. The first kappa shape index (κ1) is 14.9. The highest BCUT2D eigenvalue weighted by atomic mass is 32.2. The number of nitrogens with one attached hydrogen (secondary N) is 1. The van der Waals surface area contributed by atoms with Gasteiger partial charge in [-0.25, -0.2) is 8.42 Å². The highest BCUT2D eigenvalue weighted by Crippen LogP contribution is 2.23. The van der Waals surface area contributed by atoms with Crippen molar-refractivity contribution in [3.8, 4) is 6.07 Å². The highest BCUT2D eigenvalue weighted by molar-refractivity contribution is 7.90. The van der Waals surface area contributed by atoms with Gasteiger partial charge < -0.3 is 11.1 Å². The second-order valence-electron chi connectivity index (χ2n) is 4.69. The van der Waals surface area contributed by atoms with Gasteiger partial charge in [0, 0.05) is 12.8 Å². The van der Waals surface area contributed by atoms with E-state index in [4.69, 9.17) is 11.0 Å². The van der Waals surface area contributed by atoms with Gasteiger partial charge in [-0.15, -0.1) is 0 Å². The number of rotatable bonds is 4. The van der Waals surface area contributed by atoms with Gasteiger partial charge in [0.05, 0.1) is 27.9 Å². The minimum absolute atomic E-state index is 0.192. The maximum absolute atomic E-state index is 11.4. The van der Waals surface area contributed by atoms with Crippen LogP contribution in [0.1, 0.15) is 11.1 Å². The summed E-state index contributed by atoms with van der Waals surface area (Å²) in [5, 5.41) is 12.0. The molecule has 6 heteroatoms. The molecule has 2 aromatic rings. The number of nitrogens with zero attached hydrogens (tertiary/aromatic N) is 1. The van der Waals surface area contributed by atoms with E-state index in [1.54, 1.807) is 18.2 Å². The van der Waals surface area contributed by atoms with Crippen LogP contribution in [0.15, 0.2) is 47.4 Å². The lowest BCUT2D eigenvalue weighted by molar-refractivity contribution is 0.602. The molecule has 0 unspecified atom stereocenters. The van der Waals surface area contributed by atoms with Gasteiger partial charge in [0.2, 0.25) is 0 Å². The van der Waals surface area contributed by atoms with Crippen LogP contribution in [0.3, 0.4) is 0 Å². The third-order valence-electron chi connectivity index (χ3n) is 2.99. The molecule has 0 saturated carbocycles. The number of nitrogen functional groups attached to an aromatic ring is 1. The zero-order valence-electron chi connectivity index (χ0n) is 11.5. The average molecular weight is 301 g/mol. The number of nitriles is 1. The Morgan fingerprint density at radius 3 is 2.62 bits per heavy atom. The van der Waals surface area contributed by atoms with Crippen LogP contribution in [0.2, 0.25) is 0 Å². The van der Waals surface area contributed by atoms with Crippen molar-refractivity contribution in [1.29, 1.82) is 5.26 Å². The molecule has 108 valence electrons. The van der Waals surface area contributed by atoms with Crippen molar-refractivity contribution in [2.45, 2.75) is 11.4 Å². The molecule has 3 N–H and O–H groups in total. The van der Waals surface area contributed by atoms with Gasteiger partial charge in [-0.2, -0.15) is 5.26 Å². The van der Waals surface area contributed by atoms with Crippen LogP contribution in [0.5, 0.6) is 0 Å². The van der Waals surface area contributed by atoms with Crippen molar-refractivity contribution in [3.05, 3.63) is 53.6 Å². The number of sulfone groups is 1. The molecule has 0 aromatic heterocycles. The lowest BCUT2D eigenvalue weighted by Gasteiger charge is -2.10. The Morgan fingerprint density at radius 2 is 2.00 bits per heavy atom. The van der Waals surface area contributed by atoms with Crippen LogP contribution >= 0.6 is 0 Å². The normalized spacial score (nSPS) is 10.9. The molecule has 0 radical (unpaired) electrons. The largest absolute Gasteiger partial charge is 0.397 e. The molecule has 0 aliphatic heterocycles. The van der Waals surface area contributed by atoms with Crippen LogP contribution in [-0.2, 0) is 16.4 Å². The number of hydrogen-bond acceptors (Lipinski definition) is 5. The second kappa shape index (κ2) is 5.85. The molecule has 2 aromatic carbocycles. The lowest BCUT2D eigenvalue weighted by Crippen LogP contribution is -2.04. The summed E-state index contributed by atoms with van der Waals surface area (Å²) in [6.07, 6.45) is 1.14. The summed E-state index contributed by atoms with van der Waals surface area (Å²) in [7, 11) is -3.26. The summed E-state index contributed by atoms with van der Waals surface area (Å²) in [6, 6.07) is 13.9. The van der Waals surface area contributed by atoms with Gasteiger partial charge in [0.1, 0.15) is 0 Å². The number of benzene rings is 2. The fraction of sp³-hybridized carbons (Fsp3) is 0.133. The van der Waals surface area contributed by atoms with Crippen LogP contribution in [0.4, 0.5) is 11.4 Å². The van der Waals surface area contributed by atoms with Gasteiger partial charge in [-0.1, -0.05) is 12.1 Å². The molecule has 0 bridgehead atoms. The molecule has 0 fully saturated rings. The summed E-state index contributed by atoms with van der Waals surface area (Å²) in [4.78, 5) is 0.192. The first-order chi connectivity index (χ1) is 9.90. The van der Waals surface area contributed by atoms with E-state index < -0.39 is 9.84 Å². The highest BCUT2D eigenvalue weighted by Gasteiger charge is 2.09. The SMILES string of the molecule is CS(=O)(=O)c1ccc(NCc2cccc(C#N)c2)c(N)c1. The Labute approximate surface area is 123 Å². The molecule has 0 saturated heterocycles. The quantitative estimate of drug-likeness (QED) is 0.844. The standard InChI is InChI=1S/C15H15N3O2S/c1-21(19,20)13-5-6-15(14(17)8-13)18-10-12-4-2-3-11(7-12)9-16/h2-8,18H,10,17H2,1H3. The van der Waals surface area contributed by atoms with Crippen LogP contribution < -0.4 is 11.1 Å². The summed E-state index contributed by atoms with van der Waals surface area (Å²) >= 11 is 0. The summed E-state index contributed by atoms with van der Waals surface area (Å²) in [5.41, 5.74) is 8.42. The van der Waals surface area contributed by atoms with Gasteiger partial charge in [0.25, 0.3) is 0 Å². The third kappa shape index (κ3) is 3.74. The Kier molecular flexibility index (Phi) is 4.15. The molecule has 5 nitrogen and oxygen atoms in total. The first-order valence-corrected chi connectivity index (χ1v) is 8.12. The molecule has 0 heterocycles. The van der Waals surface area contributed by atoms with E-state index in [9.17, 15) is 8.42 Å². The van der Waals surface area contributed by atoms with Crippen molar-refractivity contribution >= 4 is 21.2 Å². The molecule has 2 rings (SSSR count). The van der Waals surface area contributed by atoms with Crippen molar-refractivity contribution in [3.63, 3.8) is 0 Å². The number of nitrogens with two attached hydrogens (primary N) is 1. The lowest BCUT2D eigenvalue weighted by atomic mass is 10.1. The predicted octanol–water partition coefficient (Wildman–Crippen LogP) is 2.16. The maximum atomic E-state index is 11.4. The summed E-state index contributed by atoms with van der Waals surface area (Å²) < 4.78 is 22.9. The van der Waals surface area contributed by atoms with Gasteiger partial charge in [-0.05, 0) is 35.9 Å². The molecule has 0 aliphatic carbocycles. The fourth-order valence-electron chi connectivity index (χ4n) is 1.88. The molecule has 21 heavy (non-hydrogen) atoms. The van der Waals surface area contributed by atoms with Crippen LogP contribution in [0, 0.1) is 11.3 Å². The van der Waals surface area contributed by atoms with Crippen LogP contribution in [-0.4, -0.2) is 14.7 Å². The minimum atomic E-state index is -3.26. The van der Waals surface area contributed by atoms with E-state index in [0.717, 1.165) is 11.8 Å². The number of anilines is 2. The van der Waals surface area contributed by atoms with Crippen molar-refractivity contribution < 1.29 is 8.42 Å². The van der Waals surface area contributed by atoms with Gasteiger partial charge >= 0.3 is 0 Å². The molecule has 0 amide bonds. The van der Waals surface area contributed by atoms with Crippen molar-refractivity contribution in [2.75, 3.05) is 17.3 Å². The van der Waals surface area contributed by atoms with Crippen LogP contribution in [0.25, 0.3) is 0 Å². The maximum Gasteiger partial charge on any atom is 0.175 e. The smallest absolute Gasteiger partial charge is 0.175 e. The van der Waals surface area contributed by atoms with E-state index in [1.807, 2.05) is 12.1 Å².